The number of anilines is 1. The first-order chi connectivity index (χ1) is 17.4. The Labute approximate surface area is 212 Å². The van der Waals surface area contributed by atoms with Crippen LogP contribution in [0.3, 0.4) is 0 Å². The van der Waals surface area contributed by atoms with Crippen molar-refractivity contribution in [2.75, 3.05) is 11.3 Å². The van der Waals surface area contributed by atoms with Gasteiger partial charge in [0.1, 0.15) is 5.75 Å². The number of ether oxygens (including phenoxy) is 1. The highest BCUT2D eigenvalue weighted by Crippen LogP contribution is 2.31. The van der Waals surface area contributed by atoms with Crippen LogP contribution in [0.4, 0.5) is 5.69 Å². The third-order valence-corrected chi connectivity index (χ3v) is 7.39. The molecule has 0 bridgehead atoms. The monoisotopic (exact) mass is 499 g/mol. The van der Waals surface area contributed by atoms with Crippen molar-refractivity contribution in [1.29, 1.82) is 0 Å². The van der Waals surface area contributed by atoms with Crippen LogP contribution in [0.5, 0.6) is 5.75 Å². The van der Waals surface area contributed by atoms with Gasteiger partial charge in [0, 0.05) is 5.92 Å². The van der Waals surface area contributed by atoms with Crippen LogP contribution < -0.4 is 9.46 Å². The molecule has 0 saturated carbocycles. The zero-order valence-corrected chi connectivity index (χ0v) is 20.9. The molecule has 4 aromatic rings. The molecule has 2 atom stereocenters. The second-order valence-corrected chi connectivity index (χ2v) is 10.2. The Kier molecular flexibility index (Phi) is 7.88. The molecule has 4 aromatic carbocycles. The van der Waals surface area contributed by atoms with E-state index >= 15 is 0 Å². The highest BCUT2D eigenvalue weighted by molar-refractivity contribution is 7.92. The van der Waals surface area contributed by atoms with E-state index in [9.17, 15) is 13.5 Å². The largest absolute Gasteiger partial charge is 0.493 e. The third kappa shape index (κ3) is 6.03. The zero-order chi connectivity index (χ0) is 25.5. The number of sulfonamides is 1. The van der Waals surface area contributed by atoms with Crippen LogP contribution in [0.15, 0.2) is 121 Å². The van der Waals surface area contributed by atoms with Gasteiger partial charge in [-0.3, -0.25) is 4.72 Å². The van der Waals surface area contributed by atoms with Crippen LogP contribution in [0, 0.1) is 6.92 Å². The van der Waals surface area contributed by atoms with Crippen LogP contribution in [0.1, 0.15) is 17.0 Å². The zero-order valence-electron chi connectivity index (χ0n) is 20.0. The molecule has 0 aliphatic carbocycles. The van der Waals surface area contributed by atoms with Gasteiger partial charge in [-0.15, -0.1) is 6.58 Å². The lowest BCUT2D eigenvalue weighted by Crippen LogP contribution is -2.22. The lowest BCUT2D eigenvalue weighted by molar-refractivity contribution is 0.151. The van der Waals surface area contributed by atoms with E-state index < -0.39 is 16.1 Å². The van der Waals surface area contributed by atoms with Gasteiger partial charge in [0.25, 0.3) is 10.0 Å². The normalized spacial score (nSPS) is 12.9. The van der Waals surface area contributed by atoms with E-state index in [2.05, 4.69) is 11.3 Å². The van der Waals surface area contributed by atoms with Crippen molar-refractivity contribution >= 4 is 15.7 Å². The molecule has 5 nitrogen and oxygen atoms in total. The van der Waals surface area contributed by atoms with E-state index in [1.165, 1.54) is 6.08 Å². The standard InChI is InChI=1S/C30H29NO4S/c1-3-30(32)28(21-35-26-13-6-4-7-14-26)25-12-10-11-23(19-25)24-18-17-22(2)29(20-24)31-36(33,34)27-15-8-5-9-16-27/h3-20,28,30-32H,1,21H2,2H3. The summed E-state index contributed by atoms with van der Waals surface area (Å²) in [6, 6.07) is 31.2. The quantitative estimate of drug-likeness (QED) is 0.256. The summed E-state index contributed by atoms with van der Waals surface area (Å²) in [6.45, 7) is 5.89. The Hall–Kier alpha value is -3.87. The van der Waals surface area contributed by atoms with Crippen molar-refractivity contribution in [3.63, 3.8) is 0 Å². The van der Waals surface area contributed by atoms with Crippen molar-refractivity contribution in [2.45, 2.75) is 23.8 Å². The second-order valence-electron chi connectivity index (χ2n) is 8.53. The van der Waals surface area contributed by atoms with Crippen molar-refractivity contribution in [3.8, 4) is 16.9 Å². The fourth-order valence-corrected chi connectivity index (χ4v) is 5.07. The highest BCUT2D eigenvalue weighted by Gasteiger charge is 2.21. The van der Waals surface area contributed by atoms with Gasteiger partial charge in [-0.25, -0.2) is 8.42 Å². The topological polar surface area (TPSA) is 75.6 Å². The van der Waals surface area contributed by atoms with Crippen LogP contribution in [0.25, 0.3) is 11.1 Å². The van der Waals surface area contributed by atoms with E-state index in [0.717, 1.165) is 28.0 Å². The first-order valence-electron chi connectivity index (χ1n) is 11.6. The van der Waals surface area contributed by atoms with E-state index in [1.807, 2.05) is 79.7 Å². The summed E-state index contributed by atoms with van der Waals surface area (Å²) in [5.41, 5.74) is 3.96. The summed E-state index contributed by atoms with van der Waals surface area (Å²) in [6.07, 6.45) is 0.712. The molecule has 184 valence electrons. The average molecular weight is 500 g/mol. The van der Waals surface area contributed by atoms with Gasteiger partial charge in [0.05, 0.1) is 23.3 Å². The molecule has 0 aliphatic rings. The maximum Gasteiger partial charge on any atom is 0.261 e. The molecule has 0 amide bonds. The summed E-state index contributed by atoms with van der Waals surface area (Å²) in [5, 5.41) is 10.7. The van der Waals surface area contributed by atoms with Crippen LogP contribution in [-0.4, -0.2) is 26.2 Å². The molecule has 0 aliphatic heterocycles. The summed E-state index contributed by atoms with van der Waals surface area (Å²) in [7, 11) is -3.72. The molecule has 0 heterocycles. The first kappa shape index (κ1) is 25.2. The van der Waals surface area contributed by atoms with Crippen LogP contribution in [0.2, 0.25) is 0 Å². The number of para-hydroxylation sites is 1. The van der Waals surface area contributed by atoms with Crippen LogP contribution >= 0.6 is 0 Å². The summed E-state index contributed by atoms with van der Waals surface area (Å²) >= 11 is 0. The number of nitrogens with one attached hydrogen (secondary N) is 1. The van der Waals surface area contributed by atoms with E-state index in [-0.39, 0.29) is 17.4 Å². The number of hydrogen-bond acceptors (Lipinski definition) is 4. The number of aryl methyl sites for hydroxylation is 1. The second kappa shape index (κ2) is 11.2. The Morgan fingerprint density at radius 1 is 0.889 bits per heavy atom. The molecule has 6 heteroatoms. The molecule has 0 spiro atoms. The summed E-state index contributed by atoms with van der Waals surface area (Å²) in [5.74, 6) is 0.396. The fraction of sp³-hybridized carbons (Fsp3) is 0.133. The van der Waals surface area contributed by atoms with Gasteiger partial charge in [0.2, 0.25) is 0 Å². The smallest absolute Gasteiger partial charge is 0.261 e. The number of aliphatic hydroxyl groups excluding tert-OH is 1. The van der Waals surface area contributed by atoms with Gasteiger partial charge < -0.3 is 9.84 Å². The van der Waals surface area contributed by atoms with Crippen molar-refractivity contribution in [2.24, 2.45) is 0 Å². The molecule has 2 N–H and O–H groups in total. The number of benzene rings is 4. The Morgan fingerprint density at radius 3 is 2.25 bits per heavy atom. The van der Waals surface area contributed by atoms with Crippen molar-refractivity contribution in [3.05, 3.63) is 127 Å². The Morgan fingerprint density at radius 2 is 1.56 bits per heavy atom. The van der Waals surface area contributed by atoms with Gasteiger partial charge in [-0.2, -0.15) is 0 Å². The van der Waals surface area contributed by atoms with Gasteiger partial charge in [0.15, 0.2) is 0 Å². The minimum Gasteiger partial charge on any atom is -0.493 e. The number of hydrogen-bond donors (Lipinski definition) is 2. The SMILES string of the molecule is C=CC(O)C(COc1ccccc1)c1cccc(-c2ccc(C)c(NS(=O)(=O)c3ccccc3)c2)c1. The van der Waals surface area contributed by atoms with Crippen molar-refractivity contribution < 1.29 is 18.3 Å². The highest BCUT2D eigenvalue weighted by atomic mass is 32.2. The third-order valence-electron chi connectivity index (χ3n) is 6.01. The maximum absolute atomic E-state index is 12.9. The van der Waals surface area contributed by atoms with Gasteiger partial charge in [-0.05, 0) is 59.5 Å². The number of rotatable bonds is 10. The molecule has 4 rings (SSSR count). The maximum atomic E-state index is 12.9. The summed E-state index contributed by atoms with van der Waals surface area (Å²) in [4.78, 5) is 0.205. The minimum atomic E-state index is -3.72. The molecule has 36 heavy (non-hydrogen) atoms. The van der Waals surface area contributed by atoms with Crippen molar-refractivity contribution in [1.82, 2.24) is 0 Å². The van der Waals surface area contributed by atoms with E-state index in [4.69, 9.17) is 4.74 Å². The first-order valence-corrected chi connectivity index (χ1v) is 13.1. The summed E-state index contributed by atoms with van der Waals surface area (Å²) < 4.78 is 34.4. The lowest BCUT2D eigenvalue weighted by atomic mass is 9.91. The average Bonchev–Trinajstić information content (AvgIpc) is 2.91. The molecule has 2 unspecified atom stereocenters. The predicted octanol–water partition coefficient (Wildman–Crippen LogP) is 6.17. The van der Waals surface area contributed by atoms with E-state index in [0.29, 0.717) is 5.69 Å². The molecule has 0 fully saturated rings. The Bertz CT molecular complexity index is 1420. The fourth-order valence-electron chi connectivity index (χ4n) is 3.92. The molecule has 0 radical (unpaired) electrons. The number of aliphatic hydroxyl groups is 1. The molecule has 0 saturated heterocycles. The molecule has 0 aromatic heterocycles. The minimum absolute atomic E-state index is 0.205. The molecular weight excluding hydrogens is 470 g/mol. The predicted molar refractivity (Wildman–Crippen MR) is 145 cm³/mol. The van der Waals surface area contributed by atoms with E-state index in [1.54, 1.807) is 30.3 Å². The van der Waals surface area contributed by atoms with Gasteiger partial charge in [-0.1, -0.05) is 78.9 Å². The van der Waals surface area contributed by atoms with Crippen LogP contribution in [-0.2, 0) is 10.0 Å². The lowest BCUT2D eigenvalue weighted by Gasteiger charge is -2.22. The van der Waals surface area contributed by atoms with Gasteiger partial charge >= 0.3 is 0 Å². The molecular formula is C30H29NO4S. The Balaban J connectivity index is 1.62.